The SMILES string of the molecule is O=C(/C=C/c1cccnc1)NCCCCC1CCN(C(=O)c2ccc(N3CCC(N4CCN(Cc5ccc(C#Cc6ccc7c(c6)C(=O)N(C6CCC(=O)NC6=O)C7=O)cc5)CC4)CC3)nn2)CC1. The molecule has 9 rings (SSSR count). The second kappa shape index (κ2) is 21.9. The molecule has 4 aromatic rings. The molecule has 0 saturated carbocycles. The summed E-state index contributed by atoms with van der Waals surface area (Å²) >= 11 is 0. The minimum Gasteiger partial charge on any atom is -0.355 e. The molecular weight excluding hydrogens is 873 g/mol. The molecule has 0 spiro atoms. The van der Waals surface area contributed by atoms with Crippen LogP contribution in [0, 0.1) is 17.8 Å². The maximum absolute atomic E-state index is 13.3. The van der Waals surface area contributed by atoms with E-state index in [2.05, 4.69) is 64.5 Å². The standard InChI is InChI=1S/C53H58N10O6/c64-48(18-13-40-5-3-24-54-35-40)55-25-2-1-4-37-20-26-62(27-21-37)53(69)45-15-17-47(58-57-45)61-28-22-42(23-29-61)60-32-30-59(31-33-60)36-41-10-7-38(8-11-41)6-9-39-12-14-43-44(34-39)52(68)63(51(43)67)46-16-19-49(65)56-50(46)66/h3,5,7-8,10-15,17-18,24,34-35,37,42,46H,1-2,4,16,19-23,25-33,36H2,(H,55,64)(H,56,65,66)/b18-13+. The molecule has 2 aromatic heterocycles. The summed E-state index contributed by atoms with van der Waals surface area (Å²) in [6, 6.07) is 20.1. The number of hydrogen-bond acceptors (Lipinski definition) is 12. The zero-order valence-electron chi connectivity index (χ0n) is 38.9. The Morgan fingerprint density at radius 2 is 1.52 bits per heavy atom. The van der Waals surface area contributed by atoms with Gasteiger partial charge in [-0.3, -0.25) is 53.8 Å². The monoisotopic (exact) mass is 930 g/mol. The molecular formula is C53H58N10O6. The van der Waals surface area contributed by atoms with Crippen LogP contribution in [0.2, 0.25) is 0 Å². The Morgan fingerprint density at radius 3 is 2.25 bits per heavy atom. The van der Waals surface area contributed by atoms with Crippen LogP contribution in [0.1, 0.15) is 111 Å². The van der Waals surface area contributed by atoms with Gasteiger partial charge in [-0.2, -0.15) is 0 Å². The maximum atomic E-state index is 13.3. The van der Waals surface area contributed by atoms with Gasteiger partial charge in [0.15, 0.2) is 11.5 Å². The molecule has 6 amide bonds. The van der Waals surface area contributed by atoms with Crippen molar-refractivity contribution in [2.24, 2.45) is 5.92 Å². The fourth-order valence-electron chi connectivity index (χ4n) is 10.1. The highest BCUT2D eigenvalue weighted by Crippen LogP contribution is 2.29. The van der Waals surface area contributed by atoms with Crippen LogP contribution in [0.5, 0.6) is 0 Å². The number of amides is 6. The summed E-state index contributed by atoms with van der Waals surface area (Å²) in [6.07, 6.45) is 14.0. The van der Waals surface area contributed by atoms with Crippen LogP contribution < -0.4 is 15.5 Å². The van der Waals surface area contributed by atoms with Gasteiger partial charge in [0.25, 0.3) is 17.7 Å². The molecule has 0 radical (unpaired) electrons. The second-order valence-electron chi connectivity index (χ2n) is 18.6. The number of benzene rings is 2. The second-order valence-corrected chi connectivity index (χ2v) is 18.6. The molecule has 4 fully saturated rings. The summed E-state index contributed by atoms with van der Waals surface area (Å²) in [5, 5.41) is 14.1. The summed E-state index contributed by atoms with van der Waals surface area (Å²) in [7, 11) is 0. The average Bonchev–Trinajstić information content (AvgIpc) is 3.63. The fraction of sp³-hybridized carbons (Fsp3) is 0.415. The minimum absolute atomic E-state index is 0.0494. The third-order valence-corrected chi connectivity index (χ3v) is 14.1. The van der Waals surface area contributed by atoms with Crippen LogP contribution in [-0.2, 0) is 20.9 Å². The van der Waals surface area contributed by atoms with E-state index in [1.54, 1.807) is 42.7 Å². The predicted octanol–water partition coefficient (Wildman–Crippen LogP) is 4.31. The highest BCUT2D eigenvalue weighted by Gasteiger charge is 2.44. The van der Waals surface area contributed by atoms with Gasteiger partial charge < -0.3 is 15.1 Å². The number of anilines is 1. The van der Waals surface area contributed by atoms with Gasteiger partial charge in [0.1, 0.15) is 6.04 Å². The number of carbonyl (C=O) groups is 6. The highest BCUT2D eigenvalue weighted by molar-refractivity contribution is 6.23. The van der Waals surface area contributed by atoms with Crippen molar-refractivity contribution in [3.8, 4) is 11.8 Å². The first kappa shape index (κ1) is 47.0. The molecule has 2 N–H and O–H groups in total. The number of fused-ring (bicyclic) bond motifs is 1. The number of imide groups is 2. The van der Waals surface area contributed by atoms with Gasteiger partial charge in [-0.25, -0.2) is 0 Å². The lowest BCUT2D eigenvalue weighted by molar-refractivity contribution is -0.136. The van der Waals surface area contributed by atoms with Crippen LogP contribution in [0.15, 0.2) is 85.2 Å². The number of nitrogens with zero attached hydrogens (tertiary/aromatic N) is 8. The van der Waals surface area contributed by atoms with Crippen LogP contribution >= 0.6 is 0 Å². The minimum atomic E-state index is -1.00. The first-order chi connectivity index (χ1) is 33.6. The van der Waals surface area contributed by atoms with Crippen molar-refractivity contribution in [1.29, 1.82) is 0 Å². The average molecular weight is 931 g/mol. The van der Waals surface area contributed by atoms with E-state index in [9.17, 15) is 28.8 Å². The number of nitrogens with one attached hydrogen (secondary N) is 2. The molecule has 69 heavy (non-hydrogen) atoms. The Bertz CT molecular complexity index is 2620. The summed E-state index contributed by atoms with van der Waals surface area (Å²) < 4.78 is 0. The van der Waals surface area contributed by atoms with Crippen molar-refractivity contribution in [2.45, 2.75) is 76.4 Å². The van der Waals surface area contributed by atoms with Crippen LogP contribution in [0.25, 0.3) is 6.08 Å². The molecule has 0 bridgehead atoms. The largest absolute Gasteiger partial charge is 0.355 e. The molecule has 5 aliphatic rings. The summed E-state index contributed by atoms with van der Waals surface area (Å²) in [5.41, 5.74) is 4.37. The van der Waals surface area contributed by atoms with E-state index in [1.165, 1.54) is 5.56 Å². The molecule has 1 unspecified atom stereocenters. The molecule has 1 atom stereocenters. The summed E-state index contributed by atoms with van der Waals surface area (Å²) in [5.74, 6) is 5.41. The topological polar surface area (TPSA) is 181 Å². The van der Waals surface area contributed by atoms with Crippen molar-refractivity contribution < 1.29 is 28.8 Å². The highest BCUT2D eigenvalue weighted by atomic mass is 16.2. The Balaban J connectivity index is 0.654. The Morgan fingerprint density at radius 1 is 0.768 bits per heavy atom. The molecule has 16 nitrogen and oxygen atoms in total. The van der Waals surface area contributed by atoms with Crippen molar-refractivity contribution in [3.05, 3.63) is 124 Å². The molecule has 356 valence electrons. The zero-order chi connectivity index (χ0) is 47.7. The Kier molecular flexibility index (Phi) is 14.9. The Hall–Kier alpha value is -7.09. The quantitative estimate of drug-likeness (QED) is 0.0841. The van der Waals surface area contributed by atoms with Gasteiger partial charge in [0, 0.05) is 108 Å². The molecule has 4 saturated heterocycles. The zero-order valence-corrected chi connectivity index (χ0v) is 38.9. The molecule has 2 aromatic carbocycles. The van der Waals surface area contributed by atoms with Crippen LogP contribution in [0.4, 0.5) is 5.82 Å². The number of pyridine rings is 1. The van der Waals surface area contributed by atoms with Crippen molar-refractivity contribution in [1.82, 2.24) is 45.4 Å². The summed E-state index contributed by atoms with van der Waals surface area (Å²) in [4.78, 5) is 90.0. The van der Waals surface area contributed by atoms with Gasteiger partial charge in [0.05, 0.1) is 11.1 Å². The number of piperazine rings is 1. The van der Waals surface area contributed by atoms with Crippen LogP contribution in [0.3, 0.4) is 0 Å². The molecule has 5 aliphatic heterocycles. The van der Waals surface area contributed by atoms with Crippen molar-refractivity contribution in [2.75, 3.05) is 63.8 Å². The van der Waals surface area contributed by atoms with E-state index in [0.717, 1.165) is 126 Å². The normalized spacial score (nSPS) is 19.7. The molecule has 0 aliphatic carbocycles. The number of unbranched alkanes of at least 4 members (excludes halogenated alkanes) is 1. The van der Waals surface area contributed by atoms with Crippen molar-refractivity contribution >= 4 is 47.3 Å². The number of likely N-dealkylation sites (tertiary alicyclic amines) is 1. The lowest BCUT2D eigenvalue weighted by Gasteiger charge is -2.43. The number of aromatic nitrogens is 3. The number of rotatable bonds is 13. The van der Waals surface area contributed by atoms with Gasteiger partial charge >= 0.3 is 0 Å². The van der Waals surface area contributed by atoms with E-state index < -0.39 is 29.7 Å². The van der Waals surface area contributed by atoms with Gasteiger partial charge in [-0.05, 0) is 110 Å². The third-order valence-electron chi connectivity index (χ3n) is 14.1. The predicted molar refractivity (Wildman–Crippen MR) is 258 cm³/mol. The lowest BCUT2D eigenvalue weighted by atomic mass is 9.91. The van der Waals surface area contributed by atoms with Crippen molar-refractivity contribution in [3.63, 3.8) is 0 Å². The van der Waals surface area contributed by atoms with E-state index in [1.807, 2.05) is 41.3 Å². The Labute approximate surface area is 402 Å². The van der Waals surface area contributed by atoms with Gasteiger partial charge in [0.2, 0.25) is 17.7 Å². The summed E-state index contributed by atoms with van der Waals surface area (Å²) in [6.45, 7) is 8.80. The molecule has 16 heteroatoms. The fourth-order valence-corrected chi connectivity index (χ4v) is 10.1. The van der Waals surface area contributed by atoms with Gasteiger partial charge in [-0.15, -0.1) is 10.2 Å². The van der Waals surface area contributed by atoms with Gasteiger partial charge in [-0.1, -0.05) is 42.9 Å². The van der Waals surface area contributed by atoms with E-state index >= 15 is 0 Å². The first-order valence-corrected chi connectivity index (χ1v) is 24.3. The lowest BCUT2D eigenvalue weighted by Crippen LogP contribution is -2.54. The maximum Gasteiger partial charge on any atom is 0.274 e. The molecule has 7 heterocycles. The third kappa shape index (κ3) is 11.6. The van der Waals surface area contributed by atoms with E-state index in [-0.39, 0.29) is 35.8 Å². The number of piperidine rings is 3. The number of carbonyl (C=O) groups excluding carboxylic acids is 6. The van der Waals surface area contributed by atoms with E-state index in [0.29, 0.717) is 29.8 Å². The first-order valence-electron chi connectivity index (χ1n) is 24.3. The van der Waals surface area contributed by atoms with Crippen LogP contribution in [-0.4, -0.2) is 141 Å². The number of hydrogen-bond donors (Lipinski definition) is 2. The smallest absolute Gasteiger partial charge is 0.274 e. The van der Waals surface area contributed by atoms with E-state index in [4.69, 9.17) is 0 Å².